The van der Waals surface area contributed by atoms with Gasteiger partial charge in [0, 0.05) is 42.3 Å². The van der Waals surface area contributed by atoms with Crippen LogP contribution in [-0.4, -0.2) is 20.8 Å². The molecule has 0 unspecified atom stereocenters. The predicted octanol–water partition coefficient (Wildman–Crippen LogP) is 3.91. The highest BCUT2D eigenvalue weighted by molar-refractivity contribution is 8.22. The summed E-state index contributed by atoms with van der Waals surface area (Å²) in [5.41, 5.74) is 3.60. The fraction of sp³-hybridized carbons (Fsp3) is 0.176. The summed E-state index contributed by atoms with van der Waals surface area (Å²) in [4.78, 5) is 7.53. The molecule has 0 aliphatic rings. The number of H-pyrrole nitrogens is 1. The number of benzene rings is 1. The van der Waals surface area contributed by atoms with Crippen LogP contribution in [0.2, 0.25) is 0 Å². The molecule has 3 nitrogen and oxygen atoms in total. The van der Waals surface area contributed by atoms with Crippen molar-refractivity contribution in [2.24, 2.45) is 0 Å². The third-order valence-corrected chi connectivity index (χ3v) is 4.72. The maximum Gasteiger partial charge on any atom is 0.134 e. The van der Waals surface area contributed by atoms with E-state index in [0.29, 0.717) is 0 Å². The maximum absolute atomic E-state index is 5.35. The van der Waals surface area contributed by atoms with Gasteiger partial charge in [0.05, 0.1) is 0 Å². The van der Waals surface area contributed by atoms with Gasteiger partial charge >= 0.3 is 0 Å². The third kappa shape index (κ3) is 4.08. The molecule has 5 heteroatoms. The molecule has 3 aromatic rings. The number of thioether (sulfide) groups is 1. The van der Waals surface area contributed by atoms with Gasteiger partial charge in [0.25, 0.3) is 0 Å². The van der Waals surface area contributed by atoms with Crippen molar-refractivity contribution in [3.05, 3.63) is 66.1 Å². The molecule has 0 atom stereocenters. The molecule has 0 saturated heterocycles. The second kappa shape index (κ2) is 7.42. The van der Waals surface area contributed by atoms with Crippen molar-refractivity contribution in [2.45, 2.75) is 12.2 Å². The van der Waals surface area contributed by atoms with Crippen LogP contribution in [0.5, 0.6) is 0 Å². The number of fused-ring (bicyclic) bond motifs is 1. The number of nitrogens with zero attached hydrogens (tertiary/aromatic N) is 1. The van der Waals surface area contributed by atoms with Gasteiger partial charge in [-0.15, -0.1) is 0 Å². The number of thiocarbonyl (C=S) groups is 1. The number of nitrogens with one attached hydrogen (secondary N) is 2. The van der Waals surface area contributed by atoms with Crippen LogP contribution in [-0.2, 0) is 12.2 Å². The molecule has 0 saturated carbocycles. The van der Waals surface area contributed by atoms with Crippen molar-refractivity contribution in [3.8, 4) is 0 Å². The average Bonchev–Trinajstić information content (AvgIpc) is 2.96. The van der Waals surface area contributed by atoms with Gasteiger partial charge in [-0.2, -0.15) is 0 Å². The van der Waals surface area contributed by atoms with Gasteiger partial charge < -0.3 is 10.3 Å². The first-order valence-electron chi connectivity index (χ1n) is 7.17. The molecule has 2 aromatic heterocycles. The Balaban J connectivity index is 1.43. The lowest BCUT2D eigenvalue weighted by molar-refractivity contribution is 0.864. The summed E-state index contributed by atoms with van der Waals surface area (Å²) < 4.78 is 0.833. The minimum Gasteiger partial charge on any atom is -0.371 e. The zero-order valence-corrected chi connectivity index (χ0v) is 13.7. The first-order chi connectivity index (χ1) is 10.8. The van der Waals surface area contributed by atoms with E-state index in [1.54, 1.807) is 18.0 Å². The second-order valence-corrected chi connectivity index (χ2v) is 6.65. The SMILES string of the molecule is S=C(NCCc1cc2ccccc2[nH]1)SCc1cccnc1. The average molecular weight is 327 g/mol. The van der Waals surface area contributed by atoms with E-state index in [9.17, 15) is 0 Å². The molecule has 22 heavy (non-hydrogen) atoms. The molecule has 3 rings (SSSR count). The molecule has 2 N–H and O–H groups in total. The van der Waals surface area contributed by atoms with Crippen molar-refractivity contribution in [1.29, 1.82) is 0 Å². The van der Waals surface area contributed by atoms with E-state index in [4.69, 9.17) is 12.2 Å². The molecule has 0 aliphatic heterocycles. The summed E-state index contributed by atoms with van der Waals surface area (Å²) in [5, 5.41) is 4.56. The fourth-order valence-electron chi connectivity index (χ4n) is 2.25. The normalized spacial score (nSPS) is 10.7. The summed E-state index contributed by atoms with van der Waals surface area (Å²) in [6.07, 6.45) is 4.59. The van der Waals surface area contributed by atoms with E-state index in [-0.39, 0.29) is 0 Å². The monoisotopic (exact) mass is 327 g/mol. The molecule has 0 bridgehead atoms. The number of aromatic nitrogens is 2. The van der Waals surface area contributed by atoms with Crippen LogP contribution in [0.15, 0.2) is 54.9 Å². The lowest BCUT2D eigenvalue weighted by atomic mass is 10.2. The van der Waals surface area contributed by atoms with Crippen molar-refractivity contribution in [2.75, 3.05) is 6.54 Å². The highest BCUT2D eigenvalue weighted by Crippen LogP contribution is 2.15. The molecular formula is C17H17N3S2. The Kier molecular flexibility index (Phi) is 5.08. The maximum atomic E-state index is 5.35. The summed E-state index contributed by atoms with van der Waals surface area (Å²) in [7, 11) is 0. The van der Waals surface area contributed by atoms with E-state index in [1.165, 1.54) is 22.2 Å². The predicted molar refractivity (Wildman–Crippen MR) is 98.1 cm³/mol. The van der Waals surface area contributed by atoms with Crippen molar-refractivity contribution in [1.82, 2.24) is 15.3 Å². The lowest BCUT2D eigenvalue weighted by Gasteiger charge is -2.06. The van der Waals surface area contributed by atoms with Crippen LogP contribution in [0, 0.1) is 0 Å². The van der Waals surface area contributed by atoms with Crippen molar-refractivity contribution >= 4 is 39.2 Å². The molecule has 0 amide bonds. The number of hydrogen-bond donors (Lipinski definition) is 2. The van der Waals surface area contributed by atoms with E-state index < -0.39 is 0 Å². The Morgan fingerprint density at radius 3 is 2.95 bits per heavy atom. The standard InChI is InChI=1S/C17H17N3S2/c21-17(22-12-13-4-3-8-18-11-13)19-9-7-15-10-14-5-1-2-6-16(14)20-15/h1-6,8,10-11,20H,7,9,12H2,(H,19,21). The van der Waals surface area contributed by atoms with E-state index >= 15 is 0 Å². The number of rotatable bonds is 5. The van der Waals surface area contributed by atoms with Crippen LogP contribution < -0.4 is 5.32 Å². The Hall–Kier alpha value is -1.85. The third-order valence-electron chi connectivity index (χ3n) is 3.34. The number of pyridine rings is 1. The first kappa shape index (κ1) is 15.1. The molecule has 0 aliphatic carbocycles. The van der Waals surface area contributed by atoms with Crippen LogP contribution in [0.3, 0.4) is 0 Å². The number of hydrogen-bond acceptors (Lipinski definition) is 3. The van der Waals surface area contributed by atoms with Gasteiger partial charge in [0.2, 0.25) is 0 Å². The van der Waals surface area contributed by atoms with E-state index in [2.05, 4.69) is 45.6 Å². The first-order valence-corrected chi connectivity index (χ1v) is 8.57. The largest absolute Gasteiger partial charge is 0.371 e. The summed E-state index contributed by atoms with van der Waals surface area (Å²) in [6.45, 7) is 0.839. The van der Waals surface area contributed by atoms with Crippen molar-refractivity contribution < 1.29 is 0 Å². The molecule has 0 fully saturated rings. The smallest absolute Gasteiger partial charge is 0.134 e. The number of para-hydroxylation sites is 1. The molecule has 0 radical (unpaired) electrons. The highest BCUT2D eigenvalue weighted by Gasteiger charge is 2.02. The minimum atomic E-state index is 0.833. The lowest BCUT2D eigenvalue weighted by Crippen LogP contribution is -2.21. The molecule has 1 aromatic carbocycles. The molecule has 2 heterocycles. The summed E-state index contributed by atoms with van der Waals surface area (Å²) in [6, 6.07) is 14.5. The fourth-order valence-corrected chi connectivity index (χ4v) is 3.20. The van der Waals surface area contributed by atoms with E-state index in [0.717, 1.165) is 23.0 Å². The van der Waals surface area contributed by atoms with Gasteiger partial charge in [-0.1, -0.05) is 48.2 Å². The van der Waals surface area contributed by atoms with Crippen molar-refractivity contribution in [3.63, 3.8) is 0 Å². The van der Waals surface area contributed by atoms with Gasteiger partial charge in [-0.3, -0.25) is 4.98 Å². The quantitative estimate of drug-likeness (QED) is 0.697. The minimum absolute atomic E-state index is 0.833. The van der Waals surface area contributed by atoms with Crippen LogP contribution >= 0.6 is 24.0 Å². The molecular weight excluding hydrogens is 310 g/mol. The van der Waals surface area contributed by atoms with Crippen LogP contribution in [0.1, 0.15) is 11.3 Å². The van der Waals surface area contributed by atoms with Gasteiger partial charge in [-0.05, 0) is 29.1 Å². The van der Waals surface area contributed by atoms with Crippen LogP contribution in [0.25, 0.3) is 10.9 Å². The zero-order valence-electron chi connectivity index (χ0n) is 12.1. The summed E-state index contributed by atoms with van der Waals surface area (Å²) >= 11 is 6.99. The van der Waals surface area contributed by atoms with Crippen LogP contribution in [0.4, 0.5) is 0 Å². The Bertz CT molecular complexity index is 720. The van der Waals surface area contributed by atoms with Gasteiger partial charge in [0.1, 0.15) is 4.32 Å². The van der Waals surface area contributed by atoms with Gasteiger partial charge in [-0.25, -0.2) is 0 Å². The van der Waals surface area contributed by atoms with Gasteiger partial charge in [0.15, 0.2) is 0 Å². The zero-order chi connectivity index (χ0) is 15.2. The Morgan fingerprint density at radius 1 is 1.23 bits per heavy atom. The second-order valence-electron chi connectivity index (χ2n) is 5.00. The highest BCUT2D eigenvalue weighted by atomic mass is 32.2. The molecule has 112 valence electrons. The number of aromatic amines is 1. The van der Waals surface area contributed by atoms with E-state index in [1.807, 2.05) is 18.3 Å². The Morgan fingerprint density at radius 2 is 2.14 bits per heavy atom. The topological polar surface area (TPSA) is 40.7 Å². The molecule has 0 spiro atoms. The summed E-state index contributed by atoms with van der Waals surface area (Å²) in [5.74, 6) is 0.853. The Labute approximate surface area is 139 Å².